The van der Waals surface area contributed by atoms with E-state index in [-0.39, 0.29) is 36.6 Å². The zero-order chi connectivity index (χ0) is 41.6. The minimum absolute atomic E-state index is 0. The van der Waals surface area contributed by atoms with E-state index in [1.165, 1.54) is 25.4 Å². The Bertz CT molecular complexity index is 2980. The average molecular weight is 1010 g/mol. The zero-order valence-corrected chi connectivity index (χ0v) is 37.0. The minimum atomic E-state index is -0.173. The number of fused-ring (bicyclic) bond motifs is 4. The van der Waals surface area contributed by atoms with Crippen LogP contribution in [0.3, 0.4) is 0 Å². The van der Waals surface area contributed by atoms with Crippen molar-refractivity contribution in [2.24, 2.45) is 23.7 Å². The third-order valence-electron chi connectivity index (χ3n) is 11.6. The van der Waals surface area contributed by atoms with Gasteiger partial charge in [0.25, 0.3) is 11.1 Å². The lowest BCUT2D eigenvalue weighted by molar-refractivity contribution is 0.363. The highest BCUT2D eigenvalue weighted by Gasteiger charge is 2.58. The van der Waals surface area contributed by atoms with Gasteiger partial charge in [-0.2, -0.15) is 9.97 Å². The second-order valence-corrected chi connectivity index (χ2v) is 17.5. The Kier molecular flexibility index (Phi) is 12.1. The molecule has 12 rings (SSSR count). The van der Waals surface area contributed by atoms with Crippen LogP contribution in [0.5, 0.6) is 0 Å². The van der Waals surface area contributed by atoms with Gasteiger partial charge in [0, 0.05) is 56.6 Å². The molecule has 2 unspecified atom stereocenters. The summed E-state index contributed by atoms with van der Waals surface area (Å²) in [6.45, 7) is 4.39. The van der Waals surface area contributed by atoms with E-state index in [0.29, 0.717) is 69.4 Å². The largest absolute Gasteiger partial charge is 0.371 e. The molecule has 4 fully saturated rings. The highest BCUT2D eigenvalue weighted by atomic mass is 127. The van der Waals surface area contributed by atoms with Crippen molar-refractivity contribution < 1.29 is 9.05 Å². The number of nitrogens with zero attached hydrogens (tertiary/aromatic N) is 11. The molecule has 4 aliphatic rings. The first-order chi connectivity index (χ1) is 29.8. The van der Waals surface area contributed by atoms with Crippen molar-refractivity contribution in [3.8, 4) is 0 Å². The molecule has 6 atom stereocenters. The van der Waals surface area contributed by atoms with E-state index in [4.69, 9.17) is 32.2 Å². The number of rotatable bonds is 7. The van der Waals surface area contributed by atoms with Crippen LogP contribution >= 0.6 is 58.2 Å². The summed E-state index contributed by atoms with van der Waals surface area (Å²) < 4.78 is 14.9. The fourth-order valence-corrected chi connectivity index (χ4v) is 9.60. The molecule has 2 aromatic carbocycles. The monoisotopic (exact) mass is 1000 g/mol. The van der Waals surface area contributed by atoms with Gasteiger partial charge in [-0.25, -0.2) is 19.9 Å². The van der Waals surface area contributed by atoms with Crippen LogP contribution in [-0.2, 0) is 13.1 Å². The van der Waals surface area contributed by atoms with Gasteiger partial charge in [0.2, 0.25) is 11.8 Å². The summed E-state index contributed by atoms with van der Waals surface area (Å²) in [5.74, 6) is 5.37. The van der Waals surface area contributed by atoms with Crippen molar-refractivity contribution in [3.05, 3.63) is 156 Å². The molecule has 2 saturated heterocycles. The molecule has 16 nitrogen and oxygen atoms in total. The lowest BCUT2D eigenvalue weighted by Crippen LogP contribution is -2.23. The predicted octanol–water partition coefficient (Wildman–Crippen LogP) is 6.25. The SMILES string of the molecule is Cl.Clc1cccc(I)c1.O=c1c2cccnc2ncn1Cc1nc(C2[C@H]3CN(c4cccc(Cl)c4)C[C@@H]23)no1.O=c1c2cccnc2ncn1Cc1nc(C2[C@H]3CNC[C@@H]23)no1. The summed E-state index contributed by atoms with van der Waals surface area (Å²) >= 11 is 14.0. The fraction of sp³-hybridized carbons (Fsp3) is 0.286. The molecule has 2 saturated carbocycles. The van der Waals surface area contributed by atoms with Crippen LogP contribution < -0.4 is 21.3 Å². The minimum Gasteiger partial charge on any atom is -0.371 e. The second kappa shape index (κ2) is 17.8. The first-order valence-corrected chi connectivity index (χ1v) is 21.5. The molecule has 2 aliphatic carbocycles. The maximum Gasteiger partial charge on any atom is 0.263 e. The number of piperidine rings is 2. The van der Waals surface area contributed by atoms with Crippen LogP contribution in [-0.4, -0.2) is 75.5 Å². The summed E-state index contributed by atoms with van der Waals surface area (Å²) in [7, 11) is 0. The summed E-state index contributed by atoms with van der Waals surface area (Å²) in [5.41, 5.74) is 1.70. The number of aromatic nitrogens is 10. The highest BCUT2D eigenvalue weighted by Crippen LogP contribution is 2.58. The van der Waals surface area contributed by atoms with E-state index in [1.54, 1.807) is 36.7 Å². The molecule has 0 spiro atoms. The number of anilines is 1. The standard InChI is InChI=1S/C21H17ClN6O2.C15H14N6O2.C6H4ClI.ClH/c22-12-3-1-4-13(7-12)27-8-15-16(9-27)18(15)20-25-17(30-26-20)10-28-11-24-19-14(21(28)29)5-2-6-23-19;22-15-8-2-1-3-17-13(8)18-7-21(15)6-11-19-14(20-23-11)12-9-4-16-5-10(9)12;7-5-2-1-3-6(8)4-5;/h1-7,11,15-16,18H,8-10H2;1-3,7,9-10,12,16H,4-6H2;1-4H;1H/t15-,16+,18?;9-,10+,12?;;. The lowest BCUT2D eigenvalue weighted by Gasteiger charge is -2.21. The van der Waals surface area contributed by atoms with Crippen molar-refractivity contribution in [1.29, 1.82) is 0 Å². The molecule has 8 aromatic rings. The van der Waals surface area contributed by atoms with Crippen LogP contribution in [0, 0.1) is 27.2 Å². The summed E-state index contributed by atoms with van der Waals surface area (Å²) in [4.78, 5) is 53.0. The smallest absolute Gasteiger partial charge is 0.263 e. The molecule has 20 heteroatoms. The van der Waals surface area contributed by atoms with Gasteiger partial charge >= 0.3 is 0 Å². The molecule has 6 aromatic heterocycles. The van der Waals surface area contributed by atoms with Crippen LogP contribution in [0.1, 0.15) is 35.3 Å². The Morgan fingerprint density at radius 2 is 1.18 bits per heavy atom. The zero-order valence-electron chi connectivity index (χ0n) is 32.5. The van der Waals surface area contributed by atoms with E-state index < -0.39 is 0 Å². The van der Waals surface area contributed by atoms with Gasteiger partial charge in [-0.1, -0.05) is 45.6 Å². The van der Waals surface area contributed by atoms with Crippen molar-refractivity contribution in [3.63, 3.8) is 0 Å². The molecule has 2 aliphatic heterocycles. The van der Waals surface area contributed by atoms with E-state index in [9.17, 15) is 9.59 Å². The summed E-state index contributed by atoms with van der Waals surface area (Å²) in [6, 6.07) is 22.5. The molecule has 0 bridgehead atoms. The van der Waals surface area contributed by atoms with Gasteiger partial charge in [-0.05, 0) is 120 Å². The van der Waals surface area contributed by atoms with E-state index in [1.807, 2.05) is 42.5 Å². The van der Waals surface area contributed by atoms with Gasteiger partial charge in [0.1, 0.15) is 25.7 Å². The molecular weight excluding hydrogens is 970 g/mol. The Morgan fingerprint density at radius 1 is 0.661 bits per heavy atom. The van der Waals surface area contributed by atoms with E-state index in [2.05, 4.69) is 79.1 Å². The van der Waals surface area contributed by atoms with Crippen molar-refractivity contribution in [1.82, 2.24) is 54.7 Å². The van der Waals surface area contributed by atoms with Crippen LogP contribution in [0.2, 0.25) is 10.0 Å². The number of hydrogen-bond donors (Lipinski definition) is 1. The average Bonchev–Trinajstić information content (AvgIpc) is 3.69. The van der Waals surface area contributed by atoms with Crippen LogP contribution in [0.15, 0.2) is 116 Å². The summed E-state index contributed by atoms with van der Waals surface area (Å²) in [6.07, 6.45) is 6.17. The molecule has 0 radical (unpaired) electrons. The predicted molar refractivity (Wildman–Crippen MR) is 242 cm³/mol. The Morgan fingerprint density at radius 3 is 1.68 bits per heavy atom. The first-order valence-electron chi connectivity index (χ1n) is 19.6. The topological polar surface area (TPSA) is 189 Å². The Balaban J connectivity index is 0.000000135. The maximum absolute atomic E-state index is 12.6. The van der Waals surface area contributed by atoms with Crippen molar-refractivity contribution >= 4 is 86.0 Å². The van der Waals surface area contributed by atoms with E-state index >= 15 is 0 Å². The molecule has 1 N–H and O–H groups in total. The van der Waals surface area contributed by atoms with Crippen molar-refractivity contribution in [2.45, 2.75) is 24.9 Å². The Labute approximate surface area is 382 Å². The van der Waals surface area contributed by atoms with E-state index in [0.717, 1.165) is 53.6 Å². The molecule has 0 amide bonds. The van der Waals surface area contributed by atoms with Gasteiger partial charge in [-0.3, -0.25) is 18.7 Å². The number of benzene rings is 2. The third kappa shape index (κ3) is 8.68. The number of nitrogens with one attached hydrogen (secondary N) is 1. The number of hydrogen-bond acceptors (Lipinski definition) is 14. The van der Waals surface area contributed by atoms with Gasteiger partial charge in [0.15, 0.2) is 22.9 Å². The quantitative estimate of drug-likeness (QED) is 0.177. The van der Waals surface area contributed by atoms with Gasteiger partial charge in [0.05, 0.1) is 10.8 Å². The molecule has 8 heterocycles. The molecular formula is C42H36Cl3IN12O4. The first kappa shape index (κ1) is 42.0. The Hall–Kier alpha value is -5.34. The highest BCUT2D eigenvalue weighted by molar-refractivity contribution is 14.1. The maximum atomic E-state index is 12.6. The molecule has 62 heavy (non-hydrogen) atoms. The summed E-state index contributed by atoms with van der Waals surface area (Å²) in [5, 5.41) is 14.1. The normalized spacial score (nSPS) is 21.6. The number of pyridine rings is 2. The third-order valence-corrected chi connectivity index (χ3v) is 12.8. The lowest BCUT2D eigenvalue weighted by atomic mass is 10.2. The van der Waals surface area contributed by atoms with Crippen LogP contribution in [0.25, 0.3) is 22.1 Å². The molecule has 316 valence electrons. The van der Waals surface area contributed by atoms with Gasteiger partial charge < -0.3 is 19.3 Å². The van der Waals surface area contributed by atoms with Crippen molar-refractivity contribution in [2.75, 3.05) is 31.1 Å². The van der Waals surface area contributed by atoms with Crippen LogP contribution in [0.4, 0.5) is 5.69 Å². The number of halogens is 4. The second-order valence-electron chi connectivity index (χ2n) is 15.4. The van der Waals surface area contributed by atoms with Gasteiger partial charge in [-0.15, -0.1) is 12.4 Å². The fourth-order valence-electron chi connectivity index (χ4n) is 8.50.